The maximum atomic E-state index is 13.0. The van der Waals surface area contributed by atoms with Gasteiger partial charge < -0.3 is 10.2 Å². The number of amides is 1. The zero-order valence-corrected chi connectivity index (χ0v) is 20.4. The highest BCUT2D eigenvalue weighted by atomic mass is 32.2. The molecule has 8 heteroatoms. The van der Waals surface area contributed by atoms with Gasteiger partial charge >= 0.3 is 0 Å². The highest BCUT2D eigenvalue weighted by Gasteiger charge is 2.31. The highest BCUT2D eigenvalue weighted by Crippen LogP contribution is 2.22. The maximum absolute atomic E-state index is 13.0. The second kappa shape index (κ2) is 10.0. The van der Waals surface area contributed by atoms with Gasteiger partial charge in [-0.2, -0.15) is 4.31 Å². The number of nitrogens with one attached hydrogen (secondary N) is 1. The van der Waals surface area contributed by atoms with E-state index in [0.29, 0.717) is 37.0 Å². The van der Waals surface area contributed by atoms with E-state index < -0.39 is 10.0 Å². The average molecular weight is 459 g/mol. The van der Waals surface area contributed by atoms with Crippen molar-refractivity contribution in [1.29, 1.82) is 0 Å². The predicted octanol–water partition coefficient (Wildman–Crippen LogP) is 3.21. The summed E-state index contributed by atoms with van der Waals surface area (Å²) in [6.45, 7) is 7.78. The van der Waals surface area contributed by atoms with E-state index in [1.54, 1.807) is 12.1 Å². The van der Waals surface area contributed by atoms with Crippen LogP contribution in [-0.2, 0) is 14.8 Å². The summed E-state index contributed by atoms with van der Waals surface area (Å²) >= 11 is 0. The minimum atomic E-state index is -3.53. The Kier molecular flexibility index (Phi) is 7.59. The van der Waals surface area contributed by atoms with Crippen LogP contribution in [0.15, 0.2) is 53.4 Å². The number of rotatable bonds is 7. The Labute approximate surface area is 192 Å². The third-order valence-electron chi connectivity index (χ3n) is 6.04. The van der Waals surface area contributed by atoms with E-state index in [0.717, 1.165) is 16.9 Å². The van der Waals surface area contributed by atoms with Crippen molar-refractivity contribution < 1.29 is 13.2 Å². The van der Waals surface area contributed by atoms with Gasteiger partial charge in [-0.15, -0.1) is 0 Å². The number of piperazine rings is 1. The van der Waals surface area contributed by atoms with Crippen molar-refractivity contribution in [2.24, 2.45) is 0 Å². The minimum Gasteiger partial charge on any atom is -0.378 e. The molecule has 1 aliphatic heterocycles. The second-order valence-corrected chi connectivity index (χ2v) is 10.7. The Morgan fingerprint density at radius 3 is 1.97 bits per heavy atom. The first-order valence-electron chi connectivity index (χ1n) is 11.0. The SMILES string of the molecule is CC(C)c1ccc(S(=O)(=O)N2CCN([C@@H](C)C(=O)Nc3ccc(N(C)C)cc3)CC2)cc1. The lowest BCUT2D eigenvalue weighted by Gasteiger charge is -2.36. The summed E-state index contributed by atoms with van der Waals surface area (Å²) < 4.78 is 27.6. The number of benzene rings is 2. The largest absolute Gasteiger partial charge is 0.378 e. The molecule has 0 saturated carbocycles. The number of nitrogens with zero attached hydrogens (tertiary/aromatic N) is 3. The molecule has 0 spiro atoms. The summed E-state index contributed by atoms with van der Waals surface area (Å²) in [5, 5.41) is 2.96. The monoisotopic (exact) mass is 458 g/mol. The van der Waals surface area contributed by atoms with Crippen molar-refractivity contribution in [1.82, 2.24) is 9.21 Å². The lowest BCUT2D eigenvalue weighted by molar-refractivity contribution is -0.121. The molecule has 0 aliphatic carbocycles. The molecule has 0 radical (unpaired) electrons. The average Bonchev–Trinajstić information content (AvgIpc) is 2.79. The van der Waals surface area contributed by atoms with Crippen LogP contribution in [0.25, 0.3) is 0 Å². The van der Waals surface area contributed by atoms with Gasteiger partial charge in [-0.05, 0) is 54.8 Å². The number of carbonyl (C=O) groups is 1. The fraction of sp³-hybridized carbons (Fsp3) is 0.458. The lowest BCUT2D eigenvalue weighted by atomic mass is 10.0. The van der Waals surface area contributed by atoms with Crippen molar-refractivity contribution in [2.75, 3.05) is 50.5 Å². The fourth-order valence-electron chi connectivity index (χ4n) is 3.76. The van der Waals surface area contributed by atoms with Crippen LogP contribution < -0.4 is 10.2 Å². The van der Waals surface area contributed by atoms with Gasteiger partial charge in [0, 0.05) is 51.6 Å². The molecule has 0 aromatic heterocycles. The lowest BCUT2D eigenvalue weighted by Crippen LogP contribution is -2.53. The molecule has 2 aromatic rings. The first-order valence-corrected chi connectivity index (χ1v) is 12.5. The van der Waals surface area contributed by atoms with Crippen molar-refractivity contribution in [3.63, 3.8) is 0 Å². The molecule has 0 unspecified atom stereocenters. The van der Waals surface area contributed by atoms with Crippen LogP contribution in [0.4, 0.5) is 11.4 Å². The molecule has 2 aromatic carbocycles. The zero-order valence-electron chi connectivity index (χ0n) is 19.6. The van der Waals surface area contributed by atoms with E-state index in [2.05, 4.69) is 19.2 Å². The third-order valence-corrected chi connectivity index (χ3v) is 7.95. The van der Waals surface area contributed by atoms with E-state index >= 15 is 0 Å². The Balaban J connectivity index is 1.57. The van der Waals surface area contributed by atoms with Gasteiger partial charge in [0.05, 0.1) is 10.9 Å². The number of hydrogen-bond acceptors (Lipinski definition) is 5. The van der Waals surface area contributed by atoms with Gasteiger partial charge in [0.1, 0.15) is 0 Å². The topological polar surface area (TPSA) is 73.0 Å². The molecular weight excluding hydrogens is 424 g/mol. The van der Waals surface area contributed by atoms with E-state index in [1.165, 1.54) is 4.31 Å². The summed E-state index contributed by atoms with van der Waals surface area (Å²) in [6.07, 6.45) is 0. The van der Waals surface area contributed by atoms with Gasteiger partial charge in [-0.25, -0.2) is 8.42 Å². The number of sulfonamides is 1. The van der Waals surface area contributed by atoms with Crippen LogP contribution in [0, 0.1) is 0 Å². The van der Waals surface area contributed by atoms with Crippen LogP contribution in [0.2, 0.25) is 0 Å². The normalized spacial score (nSPS) is 16.7. The van der Waals surface area contributed by atoms with Gasteiger partial charge in [-0.1, -0.05) is 26.0 Å². The first-order chi connectivity index (χ1) is 15.1. The molecule has 7 nitrogen and oxygen atoms in total. The van der Waals surface area contributed by atoms with Crippen LogP contribution in [0.5, 0.6) is 0 Å². The third kappa shape index (κ3) is 5.49. The zero-order chi connectivity index (χ0) is 23.5. The van der Waals surface area contributed by atoms with E-state index in [-0.39, 0.29) is 11.9 Å². The summed E-state index contributed by atoms with van der Waals surface area (Å²) in [5.41, 5.74) is 2.93. The molecule has 174 valence electrons. The number of carbonyl (C=O) groups excluding carboxylic acids is 1. The van der Waals surface area contributed by atoms with Crippen molar-refractivity contribution in [3.8, 4) is 0 Å². The van der Waals surface area contributed by atoms with Crippen molar-refractivity contribution in [3.05, 3.63) is 54.1 Å². The molecule has 1 amide bonds. The smallest absolute Gasteiger partial charge is 0.243 e. The predicted molar refractivity (Wildman–Crippen MR) is 130 cm³/mol. The van der Waals surface area contributed by atoms with E-state index in [9.17, 15) is 13.2 Å². The van der Waals surface area contributed by atoms with E-state index in [4.69, 9.17) is 0 Å². The summed E-state index contributed by atoms with van der Waals surface area (Å²) in [7, 11) is 0.405. The maximum Gasteiger partial charge on any atom is 0.243 e. The van der Waals surface area contributed by atoms with Gasteiger partial charge in [0.15, 0.2) is 0 Å². The Morgan fingerprint density at radius 2 is 1.47 bits per heavy atom. The Morgan fingerprint density at radius 1 is 0.906 bits per heavy atom. The molecule has 1 saturated heterocycles. The van der Waals surface area contributed by atoms with Crippen LogP contribution >= 0.6 is 0 Å². The molecule has 1 fully saturated rings. The quantitative estimate of drug-likeness (QED) is 0.690. The number of anilines is 2. The van der Waals surface area contributed by atoms with Crippen molar-refractivity contribution in [2.45, 2.75) is 37.6 Å². The van der Waals surface area contributed by atoms with Gasteiger partial charge in [0.2, 0.25) is 15.9 Å². The Bertz CT molecular complexity index is 1010. The van der Waals surface area contributed by atoms with Crippen LogP contribution in [0.3, 0.4) is 0 Å². The van der Waals surface area contributed by atoms with Gasteiger partial charge in [-0.3, -0.25) is 9.69 Å². The summed E-state index contributed by atoms with van der Waals surface area (Å²) in [4.78, 5) is 17.1. The standard InChI is InChI=1S/C24H34N4O3S/c1-18(2)20-6-12-23(13-7-20)32(30,31)28-16-14-27(15-17-28)19(3)24(29)25-21-8-10-22(11-9-21)26(4)5/h6-13,18-19H,14-17H2,1-5H3,(H,25,29)/t19-/m0/s1. The summed E-state index contributed by atoms with van der Waals surface area (Å²) in [5.74, 6) is 0.261. The number of hydrogen-bond donors (Lipinski definition) is 1. The molecule has 32 heavy (non-hydrogen) atoms. The van der Waals surface area contributed by atoms with Crippen LogP contribution in [0.1, 0.15) is 32.3 Å². The van der Waals surface area contributed by atoms with Crippen molar-refractivity contribution >= 4 is 27.3 Å². The summed E-state index contributed by atoms with van der Waals surface area (Å²) in [6, 6.07) is 14.5. The fourth-order valence-corrected chi connectivity index (χ4v) is 5.18. The molecule has 1 heterocycles. The van der Waals surface area contributed by atoms with E-state index in [1.807, 2.05) is 67.2 Å². The van der Waals surface area contributed by atoms with Gasteiger partial charge in [0.25, 0.3) is 0 Å². The minimum absolute atomic E-state index is 0.0943. The first kappa shape index (κ1) is 24.2. The second-order valence-electron chi connectivity index (χ2n) is 8.77. The molecular formula is C24H34N4O3S. The van der Waals surface area contributed by atoms with Crippen LogP contribution in [-0.4, -0.2) is 69.8 Å². The molecule has 1 atom stereocenters. The Hall–Kier alpha value is -2.42. The molecule has 1 aliphatic rings. The molecule has 1 N–H and O–H groups in total. The highest BCUT2D eigenvalue weighted by molar-refractivity contribution is 7.89. The molecule has 0 bridgehead atoms. The molecule has 3 rings (SSSR count).